The third-order valence-electron chi connectivity index (χ3n) is 11.0. The van der Waals surface area contributed by atoms with Gasteiger partial charge in [0.2, 0.25) is 0 Å². The molecule has 0 heteroatoms. The van der Waals surface area contributed by atoms with Gasteiger partial charge in [0.15, 0.2) is 0 Å². The van der Waals surface area contributed by atoms with Crippen LogP contribution in [0.3, 0.4) is 0 Å². The maximum absolute atomic E-state index is 2.47. The van der Waals surface area contributed by atoms with Crippen LogP contribution < -0.4 is 0 Å². The zero-order chi connectivity index (χ0) is 34.7. The molecule has 0 nitrogen and oxygen atoms in total. The van der Waals surface area contributed by atoms with Gasteiger partial charge in [-0.05, 0) is 31.6 Å². The first-order valence-electron chi connectivity index (χ1n) is 23.4. The van der Waals surface area contributed by atoms with Crippen molar-refractivity contribution in [3.8, 4) is 0 Å². The van der Waals surface area contributed by atoms with Gasteiger partial charge in [-0.25, -0.2) is 0 Å². The van der Waals surface area contributed by atoms with Gasteiger partial charge in [0, 0.05) is 0 Å². The second-order valence-electron chi connectivity index (χ2n) is 16.7. The number of unbranched alkanes of at least 4 members (excludes halogenated alkanes) is 39. The van der Waals surface area contributed by atoms with Crippen LogP contribution in [0.2, 0.25) is 0 Å². The standard InChI is InChI=1S/C48H96/c1-4-5-6-7-8-9-10-11-12-13-14-15-16-17-18-19-20-21-22-23-24-25-26-27-28-29-30-31-32-33-34-35-36-37-38-39-40-41-42-43-44-45-46-47-48(2)3/h35-36,48H,4-34,37-47H2,1-3H3/b36-35+. The summed E-state index contributed by atoms with van der Waals surface area (Å²) in [6, 6.07) is 0. The minimum atomic E-state index is 0.890. The molecular formula is C48H96. The smallest absolute Gasteiger partial charge is 0.0351 e. The van der Waals surface area contributed by atoms with Crippen molar-refractivity contribution in [2.24, 2.45) is 5.92 Å². The Bertz CT molecular complexity index is 558. The van der Waals surface area contributed by atoms with E-state index in [0.717, 1.165) is 5.92 Å². The predicted molar refractivity (Wildman–Crippen MR) is 224 cm³/mol. The summed E-state index contributed by atoms with van der Waals surface area (Å²) in [7, 11) is 0. The van der Waals surface area contributed by atoms with E-state index in [4.69, 9.17) is 0 Å². The topological polar surface area (TPSA) is 0 Å². The lowest BCUT2D eigenvalue weighted by atomic mass is 10.0. The highest BCUT2D eigenvalue weighted by atomic mass is 14.0. The van der Waals surface area contributed by atoms with Gasteiger partial charge in [-0.1, -0.05) is 277 Å². The summed E-state index contributed by atoms with van der Waals surface area (Å²) in [6.07, 6.45) is 66.4. The van der Waals surface area contributed by atoms with E-state index in [1.54, 1.807) is 0 Å². The summed E-state index contributed by atoms with van der Waals surface area (Å²) >= 11 is 0. The molecule has 0 spiro atoms. The molecule has 0 aromatic rings. The highest BCUT2D eigenvalue weighted by Gasteiger charge is 1.98. The van der Waals surface area contributed by atoms with E-state index in [9.17, 15) is 0 Å². The predicted octanol–water partition coefficient (Wildman–Crippen LogP) is 18.6. The summed E-state index contributed by atoms with van der Waals surface area (Å²) in [5, 5.41) is 0. The van der Waals surface area contributed by atoms with Crippen molar-refractivity contribution in [2.75, 3.05) is 0 Å². The largest absolute Gasteiger partial charge is 0.0885 e. The molecule has 48 heavy (non-hydrogen) atoms. The van der Waals surface area contributed by atoms with E-state index >= 15 is 0 Å². The Labute approximate surface area is 307 Å². The van der Waals surface area contributed by atoms with Crippen molar-refractivity contribution in [3.63, 3.8) is 0 Å². The van der Waals surface area contributed by atoms with Crippen molar-refractivity contribution < 1.29 is 0 Å². The molecule has 0 atom stereocenters. The lowest BCUT2D eigenvalue weighted by Crippen LogP contribution is -1.87. The Morgan fingerprint density at radius 1 is 0.250 bits per heavy atom. The third kappa shape index (κ3) is 45.7. The fraction of sp³-hybridized carbons (Fsp3) is 0.958. The van der Waals surface area contributed by atoms with Crippen LogP contribution >= 0.6 is 0 Å². The van der Waals surface area contributed by atoms with Crippen molar-refractivity contribution in [3.05, 3.63) is 12.2 Å². The first-order chi connectivity index (χ1) is 23.8. The first kappa shape index (κ1) is 47.7. The molecule has 0 aromatic carbocycles. The van der Waals surface area contributed by atoms with Crippen LogP contribution in [0.15, 0.2) is 12.2 Å². The van der Waals surface area contributed by atoms with Crippen molar-refractivity contribution >= 4 is 0 Å². The van der Waals surface area contributed by atoms with Gasteiger partial charge in [-0.15, -0.1) is 0 Å². The van der Waals surface area contributed by atoms with Crippen LogP contribution in [0.4, 0.5) is 0 Å². The lowest BCUT2D eigenvalue weighted by molar-refractivity contribution is 0.506. The molecule has 0 aliphatic carbocycles. The molecule has 0 aliphatic rings. The van der Waals surface area contributed by atoms with Crippen LogP contribution in [0.1, 0.15) is 290 Å². The van der Waals surface area contributed by atoms with E-state index in [0.29, 0.717) is 0 Å². The molecule has 0 unspecified atom stereocenters. The molecule has 0 rings (SSSR count). The average Bonchev–Trinajstić information content (AvgIpc) is 3.08. The van der Waals surface area contributed by atoms with Gasteiger partial charge in [0.25, 0.3) is 0 Å². The second-order valence-corrected chi connectivity index (χ2v) is 16.7. The van der Waals surface area contributed by atoms with Crippen LogP contribution in [0.5, 0.6) is 0 Å². The fourth-order valence-electron chi connectivity index (χ4n) is 7.57. The number of hydrogen-bond donors (Lipinski definition) is 0. The quantitative estimate of drug-likeness (QED) is 0.0447. The molecule has 0 radical (unpaired) electrons. The van der Waals surface area contributed by atoms with E-state index in [2.05, 4.69) is 32.9 Å². The molecule has 0 aliphatic heterocycles. The summed E-state index contributed by atoms with van der Waals surface area (Å²) in [4.78, 5) is 0. The van der Waals surface area contributed by atoms with E-state index in [1.807, 2.05) is 0 Å². The average molecular weight is 673 g/mol. The number of hydrogen-bond acceptors (Lipinski definition) is 0. The molecule has 0 heterocycles. The van der Waals surface area contributed by atoms with Crippen molar-refractivity contribution in [2.45, 2.75) is 290 Å². The van der Waals surface area contributed by atoms with Crippen molar-refractivity contribution in [1.29, 1.82) is 0 Å². The first-order valence-corrected chi connectivity index (χ1v) is 23.4. The zero-order valence-corrected chi connectivity index (χ0v) is 34.4. The molecule has 0 N–H and O–H groups in total. The fourth-order valence-corrected chi connectivity index (χ4v) is 7.57. The Kier molecular flexibility index (Phi) is 44.5. The summed E-state index contributed by atoms with van der Waals surface area (Å²) in [6.45, 7) is 7.01. The van der Waals surface area contributed by atoms with Crippen LogP contribution in [0, 0.1) is 5.92 Å². The van der Waals surface area contributed by atoms with Gasteiger partial charge in [-0.3, -0.25) is 0 Å². The van der Waals surface area contributed by atoms with Gasteiger partial charge in [0.1, 0.15) is 0 Å². The molecular weight excluding hydrogens is 577 g/mol. The monoisotopic (exact) mass is 673 g/mol. The number of allylic oxidation sites excluding steroid dienone is 2. The van der Waals surface area contributed by atoms with Gasteiger partial charge >= 0.3 is 0 Å². The Morgan fingerprint density at radius 2 is 0.438 bits per heavy atom. The normalized spacial score (nSPS) is 11.9. The molecule has 0 fully saturated rings. The lowest BCUT2D eigenvalue weighted by Gasteiger charge is -2.04. The van der Waals surface area contributed by atoms with Gasteiger partial charge < -0.3 is 0 Å². The zero-order valence-electron chi connectivity index (χ0n) is 34.4. The van der Waals surface area contributed by atoms with Crippen molar-refractivity contribution in [1.82, 2.24) is 0 Å². The minimum Gasteiger partial charge on any atom is -0.0885 e. The Morgan fingerprint density at radius 3 is 0.646 bits per heavy atom. The van der Waals surface area contributed by atoms with Crippen LogP contribution in [0.25, 0.3) is 0 Å². The molecule has 0 amide bonds. The summed E-state index contributed by atoms with van der Waals surface area (Å²) in [5.41, 5.74) is 0. The maximum atomic E-state index is 2.47. The number of rotatable bonds is 43. The SMILES string of the molecule is CCCCCCCCCCCCCCCCCCCCCCCCCCCCCCCC/C=C/CCCCCCCCCCCC(C)C. The van der Waals surface area contributed by atoms with Gasteiger partial charge in [0.05, 0.1) is 0 Å². The highest BCUT2D eigenvalue weighted by Crippen LogP contribution is 2.17. The molecule has 0 bridgehead atoms. The second kappa shape index (κ2) is 44.8. The van der Waals surface area contributed by atoms with Crippen LogP contribution in [-0.4, -0.2) is 0 Å². The van der Waals surface area contributed by atoms with Gasteiger partial charge in [-0.2, -0.15) is 0 Å². The minimum absolute atomic E-state index is 0.890. The maximum Gasteiger partial charge on any atom is -0.0351 e. The Hall–Kier alpha value is -0.260. The molecule has 0 saturated carbocycles. The van der Waals surface area contributed by atoms with E-state index < -0.39 is 0 Å². The van der Waals surface area contributed by atoms with E-state index in [1.165, 1.54) is 270 Å². The molecule has 0 aromatic heterocycles. The summed E-state index contributed by atoms with van der Waals surface area (Å²) < 4.78 is 0. The van der Waals surface area contributed by atoms with Crippen LogP contribution in [-0.2, 0) is 0 Å². The highest BCUT2D eigenvalue weighted by molar-refractivity contribution is 4.81. The van der Waals surface area contributed by atoms with E-state index in [-0.39, 0.29) is 0 Å². The summed E-state index contributed by atoms with van der Waals surface area (Å²) in [5.74, 6) is 0.890. The third-order valence-corrected chi connectivity index (χ3v) is 11.0. The Balaban J connectivity index is 3.08. The molecule has 0 saturated heterocycles. The molecule has 288 valence electrons.